The Bertz CT molecular complexity index is 892. The van der Waals surface area contributed by atoms with Crippen LogP contribution in [0.3, 0.4) is 0 Å². The van der Waals surface area contributed by atoms with Crippen LogP contribution in [0.4, 0.5) is 5.69 Å². The Morgan fingerprint density at radius 1 is 1.08 bits per heavy atom. The first-order valence-corrected chi connectivity index (χ1v) is 8.73. The summed E-state index contributed by atoms with van der Waals surface area (Å²) >= 11 is 6.28. The Morgan fingerprint density at radius 3 is 2.68 bits per heavy atom. The number of hydrogen-bond acceptors (Lipinski definition) is 4. The van der Waals surface area contributed by atoms with Crippen molar-refractivity contribution < 1.29 is 0 Å². The van der Waals surface area contributed by atoms with Gasteiger partial charge < -0.3 is 5.73 Å². The third-order valence-electron chi connectivity index (χ3n) is 4.53. The van der Waals surface area contributed by atoms with Gasteiger partial charge in [-0.3, -0.25) is 4.90 Å². The van der Waals surface area contributed by atoms with Gasteiger partial charge in [0.15, 0.2) is 5.82 Å². The molecule has 0 radical (unpaired) electrons. The van der Waals surface area contributed by atoms with Gasteiger partial charge in [0, 0.05) is 54.1 Å². The van der Waals surface area contributed by atoms with E-state index in [1.807, 2.05) is 48.7 Å². The van der Waals surface area contributed by atoms with Crippen molar-refractivity contribution in [3.05, 3.63) is 76.6 Å². The summed E-state index contributed by atoms with van der Waals surface area (Å²) in [6.07, 6.45) is 2.87. The summed E-state index contributed by atoms with van der Waals surface area (Å²) in [5.41, 5.74) is 11.0. The maximum atomic E-state index is 6.28. The molecule has 0 saturated carbocycles. The predicted molar refractivity (Wildman–Crippen MR) is 101 cm³/mol. The summed E-state index contributed by atoms with van der Waals surface area (Å²) < 4.78 is 0. The third-order valence-corrected chi connectivity index (χ3v) is 4.90. The molecule has 0 aliphatic carbocycles. The number of aromatic nitrogens is 2. The van der Waals surface area contributed by atoms with Gasteiger partial charge in [-0.1, -0.05) is 29.8 Å². The first-order chi connectivity index (χ1) is 12.2. The zero-order valence-corrected chi connectivity index (χ0v) is 14.6. The third kappa shape index (κ3) is 3.50. The Kier molecular flexibility index (Phi) is 4.38. The Morgan fingerprint density at radius 2 is 1.88 bits per heavy atom. The van der Waals surface area contributed by atoms with Crippen LogP contribution in [0.25, 0.3) is 11.4 Å². The molecule has 0 spiro atoms. The first-order valence-electron chi connectivity index (χ1n) is 8.35. The molecule has 1 aromatic heterocycles. The minimum atomic E-state index is 0.747. The molecule has 0 amide bonds. The van der Waals surface area contributed by atoms with Crippen LogP contribution in [0.2, 0.25) is 5.02 Å². The molecule has 0 bridgehead atoms. The maximum Gasteiger partial charge on any atom is 0.159 e. The second kappa shape index (κ2) is 6.82. The standard InChI is InChI=1S/C20H19ClN4/c21-18-4-2-1-3-15(18)12-25-10-9-19-16(13-25)11-23-20(24-19)14-5-7-17(22)8-6-14/h1-8,11H,9-10,12-13,22H2. The number of benzene rings is 2. The molecule has 2 heterocycles. The van der Waals surface area contributed by atoms with Gasteiger partial charge in [-0.05, 0) is 35.9 Å². The van der Waals surface area contributed by atoms with Gasteiger partial charge in [-0.25, -0.2) is 9.97 Å². The van der Waals surface area contributed by atoms with Crippen LogP contribution in [0.1, 0.15) is 16.8 Å². The molecule has 0 fully saturated rings. The van der Waals surface area contributed by atoms with Crippen molar-refractivity contribution in [2.45, 2.75) is 19.5 Å². The molecule has 3 aromatic rings. The van der Waals surface area contributed by atoms with Crippen LogP contribution < -0.4 is 5.73 Å². The van der Waals surface area contributed by atoms with E-state index in [2.05, 4.69) is 16.0 Å². The Balaban J connectivity index is 1.52. The van der Waals surface area contributed by atoms with Gasteiger partial charge in [-0.2, -0.15) is 0 Å². The van der Waals surface area contributed by atoms with Crippen LogP contribution in [-0.2, 0) is 19.5 Å². The number of anilines is 1. The molecule has 4 nitrogen and oxygen atoms in total. The molecule has 2 N–H and O–H groups in total. The highest BCUT2D eigenvalue weighted by atomic mass is 35.5. The molecule has 25 heavy (non-hydrogen) atoms. The van der Waals surface area contributed by atoms with Gasteiger partial charge in [-0.15, -0.1) is 0 Å². The number of fused-ring (bicyclic) bond motifs is 1. The minimum absolute atomic E-state index is 0.747. The fourth-order valence-corrected chi connectivity index (χ4v) is 3.34. The highest BCUT2D eigenvalue weighted by molar-refractivity contribution is 6.31. The first kappa shape index (κ1) is 16.1. The molecular weight excluding hydrogens is 332 g/mol. The number of halogens is 1. The van der Waals surface area contributed by atoms with Crippen molar-refractivity contribution in [2.24, 2.45) is 0 Å². The average molecular weight is 351 g/mol. The molecular formula is C20H19ClN4. The smallest absolute Gasteiger partial charge is 0.159 e. The van der Waals surface area contributed by atoms with Gasteiger partial charge in [0.05, 0.1) is 5.69 Å². The van der Waals surface area contributed by atoms with Gasteiger partial charge in [0.2, 0.25) is 0 Å². The molecule has 4 rings (SSSR count). The summed E-state index contributed by atoms with van der Waals surface area (Å²) in [6, 6.07) is 15.7. The van der Waals surface area contributed by atoms with E-state index in [-0.39, 0.29) is 0 Å². The largest absolute Gasteiger partial charge is 0.399 e. The Labute approximate surface area is 152 Å². The number of hydrogen-bond donors (Lipinski definition) is 1. The SMILES string of the molecule is Nc1ccc(-c2ncc3c(n2)CCN(Cc2ccccc2Cl)C3)cc1. The van der Waals surface area contributed by atoms with Gasteiger partial charge in [0.1, 0.15) is 0 Å². The molecule has 0 unspecified atom stereocenters. The van der Waals surface area contributed by atoms with Crippen LogP contribution in [0, 0.1) is 0 Å². The fraction of sp³-hybridized carbons (Fsp3) is 0.200. The molecule has 5 heteroatoms. The van der Waals surface area contributed by atoms with E-state index in [9.17, 15) is 0 Å². The fourth-order valence-electron chi connectivity index (χ4n) is 3.15. The molecule has 0 saturated heterocycles. The van der Waals surface area contributed by atoms with Crippen molar-refractivity contribution in [3.8, 4) is 11.4 Å². The summed E-state index contributed by atoms with van der Waals surface area (Å²) in [6.45, 7) is 2.66. The number of rotatable bonds is 3. The molecule has 1 aliphatic heterocycles. The van der Waals surface area contributed by atoms with Gasteiger partial charge >= 0.3 is 0 Å². The number of nitrogens with two attached hydrogens (primary N) is 1. The summed E-state index contributed by atoms with van der Waals surface area (Å²) in [5.74, 6) is 0.762. The predicted octanol–water partition coefficient (Wildman–Crippen LogP) is 3.94. The minimum Gasteiger partial charge on any atom is -0.399 e. The van der Waals surface area contributed by atoms with Gasteiger partial charge in [0.25, 0.3) is 0 Å². The normalized spacial score (nSPS) is 14.3. The van der Waals surface area contributed by atoms with E-state index < -0.39 is 0 Å². The lowest BCUT2D eigenvalue weighted by molar-refractivity contribution is 0.243. The summed E-state index contributed by atoms with van der Waals surface area (Å²) in [4.78, 5) is 11.7. The molecule has 1 aliphatic rings. The zero-order chi connectivity index (χ0) is 17.2. The monoisotopic (exact) mass is 350 g/mol. The number of nitrogens with zero attached hydrogens (tertiary/aromatic N) is 3. The molecule has 2 aromatic carbocycles. The van der Waals surface area contributed by atoms with E-state index in [0.29, 0.717) is 0 Å². The highest BCUT2D eigenvalue weighted by Gasteiger charge is 2.19. The average Bonchev–Trinajstić information content (AvgIpc) is 2.64. The lowest BCUT2D eigenvalue weighted by Crippen LogP contribution is -2.31. The van der Waals surface area contributed by atoms with E-state index >= 15 is 0 Å². The van der Waals surface area contributed by atoms with Crippen LogP contribution in [0.15, 0.2) is 54.7 Å². The van der Waals surface area contributed by atoms with Crippen molar-refractivity contribution in [1.82, 2.24) is 14.9 Å². The molecule has 126 valence electrons. The van der Waals surface area contributed by atoms with E-state index in [0.717, 1.165) is 59.4 Å². The van der Waals surface area contributed by atoms with Crippen LogP contribution >= 0.6 is 11.6 Å². The second-order valence-electron chi connectivity index (χ2n) is 6.34. The highest BCUT2D eigenvalue weighted by Crippen LogP contribution is 2.24. The summed E-state index contributed by atoms with van der Waals surface area (Å²) in [5, 5.41) is 0.822. The lowest BCUT2D eigenvalue weighted by atomic mass is 10.1. The lowest BCUT2D eigenvalue weighted by Gasteiger charge is -2.28. The topological polar surface area (TPSA) is 55.0 Å². The van der Waals surface area contributed by atoms with E-state index in [4.69, 9.17) is 22.3 Å². The van der Waals surface area contributed by atoms with Crippen LogP contribution in [-0.4, -0.2) is 21.4 Å². The van der Waals surface area contributed by atoms with Crippen molar-refractivity contribution in [1.29, 1.82) is 0 Å². The Hall–Kier alpha value is -2.43. The zero-order valence-electron chi connectivity index (χ0n) is 13.8. The van der Waals surface area contributed by atoms with E-state index in [1.165, 1.54) is 5.56 Å². The van der Waals surface area contributed by atoms with E-state index in [1.54, 1.807) is 0 Å². The summed E-state index contributed by atoms with van der Waals surface area (Å²) in [7, 11) is 0. The second-order valence-corrected chi connectivity index (χ2v) is 6.75. The van der Waals surface area contributed by atoms with Crippen molar-refractivity contribution in [3.63, 3.8) is 0 Å². The molecule has 0 atom stereocenters. The van der Waals surface area contributed by atoms with Crippen molar-refractivity contribution in [2.75, 3.05) is 12.3 Å². The van der Waals surface area contributed by atoms with Crippen molar-refractivity contribution >= 4 is 17.3 Å². The maximum absolute atomic E-state index is 6.28. The van der Waals surface area contributed by atoms with Crippen LogP contribution in [0.5, 0.6) is 0 Å². The quantitative estimate of drug-likeness (QED) is 0.727. The number of nitrogen functional groups attached to an aromatic ring is 1.